The van der Waals surface area contributed by atoms with Crippen molar-refractivity contribution in [2.45, 2.75) is 68.9 Å². The fraction of sp³-hybridized carbons (Fsp3) is 0.650. The molecule has 1 saturated heterocycles. The van der Waals surface area contributed by atoms with Crippen molar-refractivity contribution in [3.05, 3.63) is 35.9 Å². The van der Waals surface area contributed by atoms with Crippen LogP contribution in [0.15, 0.2) is 30.3 Å². The van der Waals surface area contributed by atoms with Crippen molar-refractivity contribution in [1.82, 2.24) is 9.62 Å². The molecule has 27 heavy (non-hydrogen) atoms. The van der Waals surface area contributed by atoms with Crippen molar-refractivity contribution < 1.29 is 18.7 Å². The van der Waals surface area contributed by atoms with Gasteiger partial charge in [0, 0.05) is 12.1 Å². The molecule has 5 nitrogen and oxygen atoms in total. The number of carbonyl (C=O) groups is 1. The fourth-order valence-corrected chi connectivity index (χ4v) is 4.72. The summed E-state index contributed by atoms with van der Waals surface area (Å²) < 4.78 is 28.6. The van der Waals surface area contributed by atoms with E-state index in [-0.39, 0.29) is 36.7 Å². The van der Waals surface area contributed by atoms with Crippen LogP contribution in [0.4, 0.5) is 9.18 Å². The zero-order chi connectivity index (χ0) is 19.4. The molecule has 1 aliphatic heterocycles. The monoisotopic (exact) mass is 396 g/mol. The molecule has 0 aromatic heterocycles. The van der Waals surface area contributed by atoms with E-state index in [0.717, 1.165) is 12.8 Å². The highest BCUT2D eigenvalue weighted by Gasteiger charge is 2.43. The Morgan fingerprint density at radius 2 is 2.04 bits per heavy atom. The first kappa shape index (κ1) is 20.4. The largest absolute Gasteiger partial charge is 0.453 e. The van der Waals surface area contributed by atoms with Gasteiger partial charge < -0.3 is 9.47 Å². The third-order valence-electron chi connectivity index (χ3n) is 5.91. The van der Waals surface area contributed by atoms with Crippen molar-refractivity contribution in [3.8, 4) is 0 Å². The number of thiol groups is 1. The minimum Gasteiger partial charge on any atom is -0.453 e. The Bertz CT molecular complexity index is 621. The van der Waals surface area contributed by atoms with Gasteiger partial charge in [-0.15, -0.1) is 0 Å². The number of hydrogen-bond acceptors (Lipinski definition) is 5. The number of benzene rings is 1. The molecule has 150 valence electrons. The van der Waals surface area contributed by atoms with Crippen LogP contribution in [-0.4, -0.2) is 55.1 Å². The van der Waals surface area contributed by atoms with Crippen LogP contribution in [0, 0.1) is 0 Å². The Kier molecular flexibility index (Phi) is 7.00. The zero-order valence-electron chi connectivity index (χ0n) is 15.9. The molecule has 2 aliphatic rings. The molecule has 6 atom stereocenters. The molecule has 1 saturated carbocycles. The molecule has 0 radical (unpaired) electrons. The van der Waals surface area contributed by atoms with E-state index in [1.54, 1.807) is 4.90 Å². The number of carbonyl (C=O) groups excluding carboxylic acids is 1. The third-order valence-corrected chi connectivity index (χ3v) is 6.24. The Morgan fingerprint density at radius 1 is 1.30 bits per heavy atom. The first-order valence-corrected chi connectivity index (χ1v) is 10.1. The summed E-state index contributed by atoms with van der Waals surface area (Å²) >= 11 is 4.19. The second kappa shape index (κ2) is 9.26. The van der Waals surface area contributed by atoms with Crippen LogP contribution in [0.3, 0.4) is 0 Å². The highest BCUT2D eigenvalue weighted by Crippen LogP contribution is 2.36. The number of methoxy groups -OCH3 is 1. The van der Waals surface area contributed by atoms with Crippen LogP contribution < -0.4 is 4.72 Å². The minimum absolute atomic E-state index is 0.0128. The second-order valence-corrected chi connectivity index (χ2v) is 7.83. The topological polar surface area (TPSA) is 50.8 Å². The number of amides is 1. The minimum atomic E-state index is -1.00. The second-order valence-electron chi connectivity index (χ2n) is 7.57. The van der Waals surface area contributed by atoms with Crippen molar-refractivity contribution in [2.75, 3.05) is 13.7 Å². The first-order valence-electron chi connectivity index (χ1n) is 9.61. The summed E-state index contributed by atoms with van der Waals surface area (Å²) in [6.45, 7) is 2.25. The molecular formula is C20H29FN2O3S. The molecule has 1 N–H and O–H groups in total. The Hall–Kier alpha value is -1.31. The van der Waals surface area contributed by atoms with Gasteiger partial charge >= 0.3 is 6.09 Å². The molecule has 1 aromatic carbocycles. The average molecular weight is 397 g/mol. The van der Waals surface area contributed by atoms with Gasteiger partial charge in [-0.3, -0.25) is 9.62 Å². The molecule has 0 spiro atoms. The maximum atomic E-state index is 14.8. The van der Waals surface area contributed by atoms with E-state index in [1.165, 1.54) is 12.7 Å². The Balaban J connectivity index is 1.58. The normalized spacial score (nSPS) is 33.9. The quantitative estimate of drug-likeness (QED) is 0.745. The predicted molar refractivity (Wildman–Crippen MR) is 106 cm³/mol. The molecule has 2 fully saturated rings. The molecule has 7 heteroatoms. The predicted octanol–water partition coefficient (Wildman–Crippen LogP) is 3.71. The summed E-state index contributed by atoms with van der Waals surface area (Å²) in [4.78, 5) is 13.8. The van der Waals surface area contributed by atoms with Crippen LogP contribution >= 0.6 is 12.8 Å². The molecule has 1 aliphatic carbocycles. The standard InChI is InChI=1S/C20H29FN2O3S/c1-13-10-17(22-27)18(23(13)20(24)25-2)12-26-19-9-8-15(11-16(19)21)14-6-4-3-5-7-14/h3-7,13,15-19,22,27H,8-12H2,1-2H3. The van der Waals surface area contributed by atoms with E-state index >= 15 is 0 Å². The summed E-state index contributed by atoms with van der Waals surface area (Å²) in [5.41, 5.74) is 1.19. The van der Waals surface area contributed by atoms with E-state index < -0.39 is 12.3 Å². The van der Waals surface area contributed by atoms with Crippen molar-refractivity contribution >= 4 is 18.9 Å². The molecule has 6 unspecified atom stereocenters. The number of likely N-dealkylation sites (tertiary alicyclic amines) is 1. The van der Waals surface area contributed by atoms with Gasteiger partial charge in [0.1, 0.15) is 6.17 Å². The number of hydrogen-bond donors (Lipinski definition) is 2. The fourth-order valence-electron chi connectivity index (χ4n) is 4.44. The number of ether oxygens (including phenoxy) is 2. The van der Waals surface area contributed by atoms with Crippen LogP contribution in [0.25, 0.3) is 0 Å². The summed E-state index contributed by atoms with van der Waals surface area (Å²) in [7, 11) is 1.37. The van der Waals surface area contributed by atoms with Gasteiger partial charge in [-0.25, -0.2) is 9.18 Å². The lowest BCUT2D eigenvalue weighted by atomic mass is 9.81. The summed E-state index contributed by atoms with van der Waals surface area (Å²) in [6, 6.07) is 9.89. The van der Waals surface area contributed by atoms with Crippen molar-refractivity contribution in [2.24, 2.45) is 0 Å². The van der Waals surface area contributed by atoms with E-state index in [2.05, 4.69) is 29.7 Å². The van der Waals surface area contributed by atoms with Gasteiger partial charge in [0.15, 0.2) is 0 Å². The average Bonchev–Trinajstić information content (AvgIpc) is 3.02. The third kappa shape index (κ3) is 4.58. The van der Waals surface area contributed by atoms with Crippen LogP contribution in [-0.2, 0) is 9.47 Å². The number of rotatable bonds is 5. The van der Waals surface area contributed by atoms with Gasteiger partial charge in [-0.1, -0.05) is 43.1 Å². The van der Waals surface area contributed by atoms with Gasteiger partial charge in [0.05, 0.1) is 25.9 Å². The van der Waals surface area contributed by atoms with E-state index in [1.807, 2.05) is 25.1 Å². The van der Waals surface area contributed by atoms with Crippen LogP contribution in [0.2, 0.25) is 0 Å². The number of halogens is 1. The highest BCUT2D eigenvalue weighted by molar-refractivity contribution is 7.78. The lowest BCUT2D eigenvalue weighted by Crippen LogP contribution is -2.48. The van der Waals surface area contributed by atoms with Gasteiger partial charge in [-0.05, 0) is 44.1 Å². The first-order chi connectivity index (χ1) is 13.0. The smallest absolute Gasteiger partial charge is 0.410 e. The number of nitrogens with zero attached hydrogens (tertiary/aromatic N) is 1. The van der Waals surface area contributed by atoms with Gasteiger partial charge in [-0.2, -0.15) is 0 Å². The summed E-state index contributed by atoms with van der Waals surface area (Å²) in [5.74, 6) is 0.242. The summed E-state index contributed by atoms with van der Waals surface area (Å²) in [6.07, 6.45) is 1.01. The number of nitrogens with one attached hydrogen (secondary N) is 1. The molecule has 3 rings (SSSR count). The maximum absolute atomic E-state index is 14.8. The van der Waals surface area contributed by atoms with E-state index in [0.29, 0.717) is 12.8 Å². The molecular weight excluding hydrogens is 367 g/mol. The summed E-state index contributed by atoms with van der Waals surface area (Å²) in [5, 5.41) is 0. The van der Waals surface area contributed by atoms with E-state index in [4.69, 9.17) is 9.47 Å². The molecule has 1 heterocycles. The van der Waals surface area contributed by atoms with Crippen LogP contribution in [0.1, 0.15) is 44.1 Å². The molecule has 0 bridgehead atoms. The van der Waals surface area contributed by atoms with Gasteiger partial charge in [0.2, 0.25) is 0 Å². The van der Waals surface area contributed by atoms with Crippen molar-refractivity contribution in [3.63, 3.8) is 0 Å². The SMILES string of the molecule is COC(=O)N1C(C)CC(NS)C1COC1CCC(c2ccccc2)CC1F. The lowest BCUT2D eigenvalue weighted by Gasteiger charge is -2.34. The van der Waals surface area contributed by atoms with Crippen molar-refractivity contribution in [1.29, 1.82) is 0 Å². The molecule has 1 aromatic rings. The Labute approximate surface area is 166 Å². The van der Waals surface area contributed by atoms with E-state index in [9.17, 15) is 9.18 Å². The lowest BCUT2D eigenvalue weighted by molar-refractivity contribution is -0.0481. The number of alkyl halides is 1. The highest BCUT2D eigenvalue weighted by atomic mass is 32.1. The Morgan fingerprint density at radius 3 is 2.67 bits per heavy atom. The van der Waals surface area contributed by atoms with Crippen LogP contribution in [0.5, 0.6) is 0 Å². The molecule has 1 amide bonds. The maximum Gasteiger partial charge on any atom is 0.410 e. The van der Waals surface area contributed by atoms with Gasteiger partial charge in [0.25, 0.3) is 0 Å². The zero-order valence-corrected chi connectivity index (χ0v) is 16.8.